The number of aliphatic hydroxyl groups is 1. The van der Waals surface area contributed by atoms with Crippen LogP contribution in [-0.2, 0) is 9.59 Å². The average Bonchev–Trinajstić information content (AvgIpc) is 4.22. The first-order chi connectivity index (χ1) is 36.4. The highest BCUT2D eigenvalue weighted by atomic mass is 32.1. The number of nitrogen functional groups attached to an aromatic ring is 1. The van der Waals surface area contributed by atoms with E-state index < -0.39 is 36.7 Å². The van der Waals surface area contributed by atoms with Crippen molar-refractivity contribution in [3.63, 3.8) is 0 Å². The zero-order valence-electron chi connectivity index (χ0n) is 42.5. The Labute approximate surface area is 439 Å². The van der Waals surface area contributed by atoms with E-state index in [2.05, 4.69) is 56.3 Å². The van der Waals surface area contributed by atoms with E-state index in [1.54, 1.807) is 35.8 Å². The number of carbonyl (C=O) groups is 2. The van der Waals surface area contributed by atoms with E-state index in [1.165, 1.54) is 16.2 Å². The SMILES string of the molecule is Cc1ncsc1-c1ccc([C@H](CF)NC(=O)[C@@H]2C[C@@H](O)CN2C(=O)[C@@H](c2cc(OCCN3CCN(CCOc4cc(N5C6CCC5CN(c5cc(-c7ccccc7O)nnc5N)C6)ccn4)CC3)no2)C(C)C)cc1. The number of phenols is 1. The number of carbonyl (C=O) groups excluding carboxylic acids is 2. The molecule has 4 aliphatic rings. The summed E-state index contributed by atoms with van der Waals surface area (Å²) in [5.74, 6) is -0.265. The van der Waals surface area contributed by atoms with Crippen molar-refractivity contribution >= 4 is 40.3 Å². The fourth-order valence-electron chi connectivity index (χ4n) is 11.1. The number of ether oxygens (including phenoxy) is 2. The lowest BCUT2D eigenvalue weighted by atomic mass is 9.91. The maximum atomic E-state index is 14.5. The number of benzene rings is 2. The number of aromatic hydroxyl groups is 1. The number of rotatable bonds is 19. The molecular weight excluding hydrogens is 980 g/mol. The summed E-state index contributed by atoms with van der Waals surface area (Å²) in [5, 5.41) is 36.6. The van der Waals surface area contributed by atoms with Crippen LogP contribution in [0.5, 0.6) is 17.5 Å². The van der Waals surface area contributed by atoms with Gasteiger partial charge in [-0.1, -0.05) is 50.2 Å². The van der Waals surface area contributed by atoms with E-state index in [1.807, 2.05) is 63.4 Å². The van der Waals surface area contributed by atoms with Gasteiger partial charge < -0.3 is 50.0 Å². The summed E-state index contributed by atoms with van der Waals surface area (Å²) in [6.07, 6.45) is 3.04. The second-order valence-electron chi connectivity index (χ2n) is 20.2. The van der Waals surface area contributed by atoms with Crippen molar-refractivity contribution in [2.24, 2.45) is 5.92 Å². The number of phenolic OH excluding ortho intramolecular Hbond substituents is 1. The van der Waals surface area contributed by atoms with Crippen molar-refractivity contribution in [1.29, 1.82) is 0 Å². The van der Waals surface area contributed by atoms with E-state index in [4.69, 9.17) is 19.7 Å². The number of alkyl halides is 1. The summed E-state index contributed by atoms with van der Waals surface area (Å²) >= 11 is 1.52. The molecule has 4 saturated heterocycles. The number of aromatic nitrogens is 5. The summed E-state index contributed by atoms with van der Waals surface area (Å²) in [7, 11) is 0. The summed E-state index contributed by atoms with van der Waals surface area (Å²) in [4.78, 5) is 48.7. The number of para-hydroxylation sites is 1. The number of hydrogen-bond donors (Lipinski definition) is 4. The topological polar surface area (TPSA) is 225 Å². The van der Waals surface area contributed by atoms with Crippen LogP contribution in [-0.4, -0.2) is 165 Å². The number of fused-ring (bicyclic) bond motifs is 2. The second kappa shape index (κ2) is 22.9. The van der Waals surface area contributed by atoms with Crippen molar-refractivity contribution in [1.82, 2.24) is 45.3 Å². The normalized spacial score (nSPS) is 20.9. The first-order valence-corrected chi connectivity index (χ1v) is 26.7. The molecule has 396 valence electrons. The molecule has 0 saturated carbocycles. The Morgan fingerprint density at radius 1 is 0.907 bits per heavy atom. The third-order valence-corrected chi connectivity index (χ3v) is 16.0. The molecule has 4 aliphatic heterocycles. The third-order valence-electron chi connectivity index (χ3n) is 15.0. The van der Waals surface area contributed by atoms with Gasteiger partial charge in [0, 0.05) is 107 Å². The van der Waals surface area contributed by atoms with Gasteiger partial charge in [0.1, 0.15) is 37.6 Å². The number of piperazine rings is 2. The quantitative estimate of drug-likeness (QED) is 0.0763. The maximum absolute atomic E-state index is 14.5. The number of anilines is 3. The summed E-state index contributed by atoms with van der Waals surface area (Å²) in [6.45, 7) is 12.2. The molecule has 2 unspecified atom stereocenters. The van der Waals surface area contributed by atoms with Crippen LogP contribution >= 0.6 is 11.3 Å². The van der Waals surface area contributed by atoms with Crippen molar-refractivity contribution in [3.05, 3.63) is 102 Å². The van der Waals surface area contributed by atoms with Gasteiger partial charge in [-0.15, -0.1) is 21.5 Å². The van der Waals surface area contributed by atoms with E-state index in [-0.39, 0.29) is 48.5 Å². The van der Waals surface area contributed by atoms with Gasteiger partial charge in [-0.3, -0.25) is 19.4 Å². The van der Waals surface area contributed by atoms with Gasteiger partial charge in [-0.2, -0.15) is 0 Å². The molecule has 6 atom stereocenters. The number of aryl methyl sites for hydroxylation is 1. The monoisotopic (exact) mass is 1040 g/mol. The van der Waals surface area contributed by atoms with Crippen LogP contribution in [0, 0.1) is 12.8 Å². The molecule has 8 heterocycles. The van der Waals surface area contributed by atoms with Gasteiger partial charge in [0.2, 0.25) is 17.7 Å². The van der Waals surface area contributed by atoms with Crippen LogP contribution in [0.3, 0.4) is 0 Å². The van der Waals surface area contributed by atoms with E-state index in [0.29, 0.717) is 54.0 Å². The van der Waals surface area contributed by atoms with Gasteiger partial charge >= 0.3 is 0 Å². The first-order valence-electron chi connectivity index (χ1n) is 25.8. The van der Waals surface area contributed by atoms with Crippen molar-refractivity contribution < 1.29 is 38.2 Å². The first kappa shape index (κ1) is 51.5. The van der Waals surface area contributed by atoms with Crippen LogP contribution in [0.4, 0.5) is 21.6 Å². The molecule has 2 bridgehead atoms. The lowest BCUT2D eigenvalue weighted by Crippen LogP contribution is -2.54. The molecular formula is C54H65FN12O7S. The van der Waals surface area contributed by atoms with Crippen LogP contribution in [0.1, 0.15) is 62.1 Å². The van der Waals surface area contributed by atoms with Crippen molar-refractivity contribution in [3.8, 4) is 39.2 Å². The molecule has 4 aromatic heterocycles. The largest absolute Gasteiger partial charge is 0.507 e. The molecule has 4 fully saturated rings. The minimum absolute atomic E-state index is 0.0287. The highest BCUT2D eigenvalue weighted by Crippen LogP contribution is 2.40. The Morgan fingerprint density at radius 3 is 2.28 bits per heavy atom. The van der Waals surface area contributed by atoms with Gasteiger partial charge in [-0.25, -0.2) is 14.4 Å². The molecule has 0 spiro atoms. The number of β-amino-alcohol motifs (C(OH)–C–C–N with tert-alkyl or cyclic N) is 1. The van der Waals surface area contributed by atoms with Crippen molar-refractivity contribution in [2.45, 2.75) is 76.2 Å². The number of amides is 2. The average molecular weight is 1050 g/mol. The predicted molar refractivity (Wildman–Crippen MR) is 283 cm³/mol. The molecule has 19 nitrogen and oxygen atoms in total. The zero-order valence-corrected chi connectivity index (χ0v) is 43.3. The van der Waals surface area contributed by atoms with E-state index in [9.17, 15) is 24.2 Å². The lowest BCUT2D eigenvalue weighted by molar-refractivity contribution is -0.141. The minimum atomic E-state index is -0.995. The summed E-state index contributed by atoms with van der Waals surface area (Å²) < 4.78 is 32.4. The molecule has 2 amide bonds. The smallest absolute Gasteiger partial charge is 0.254 e. The van der Waals surface area contributed by atoms with Crippen LogP contribution in [0.2, 0.25) is 0 Å². The Kier molecular flexibility index (Phi) is 15.7. The van der Waals surface area contributed by atoms with Gasteiger partial charge in [0.15, 0.2) is 11.6 Å². The number of nitrogens with zero attached hydrogens (tertiary/aromatic N) is 10. The minimum Gasteiger partial charge on any atom is -0.507 e. The Bertz CT molecular complexity index is 2900. The highest BCUT2D eigenvalue weighted by Gasteiger charge is 2.44. The van der Waals surface area contributed by atoms with Gasteiger partial charge in [-0.05, 0) is 66.2 Å². The molecule has 0 radical (unpaired) electrons. The molecule has 21 heteroatoms. The molecule has 0 aliphatic carbocycles. The number of likely N-dealkylation sites (tertiary alicyclic amines) is 1. The number of hydrogen-bond acceptors (Lipinski definition) is 18. The predicted octanol–water partition coefficient (Wildman–Crippen LogP) is 5.71. The number of nitrogens with one attached hydrogen (secondary N) is 1. The fourth-order valence-corrected chi connectivity index (χ4v) is 11.9. The fraction of sp³-hybridized carbons (Fsp3) is 0.463. The summed E-state index contributed by atoms with van der Waals surface area (Å²) in [5.41, 5.74) is 13.7. The number of thiazole rings is 1. The number of halogens is 1. The molecule has 5 N–H and O–H groups in total. The van der Waals surface area contributed by atoms with Crippen LogP contribution in [0.25, 0.3) is 21.7 Å². The summed E-state index contributed by atoms with van der Waals surface area (Å²) in [6, 6.07) is 20.7. The Balaban J connectivity index is 0.659. The molecule has 75 heavy (non-hydrogen) atoms. The number of pyridine rings is 1. The van der Waals surface area contributed by atoms with Gasteiger partial charge in [0.25, 0.3) is 5.88 Å². The van der Waals surface area contributed by atoms with Crippen molar-refractivity contribution in [2.75, 3.05) is 94.3 Å². The van der Waals surface area contributed by atoms with E-state index >= 15 is 0 Å². The Morgan fingerprint density at radius 2 is 1.61 bits per heavy atom. The number of nitrogens with two attached hydrogens (primary N) is 1. The zero-order chi connectivity index (χ0) is 52.2. The second-order valence-corrected chi connectivity index (χ2v) is 21.1. The standard InChI is InChI=1S/C54H65FN12O7S/c1-33(2)50(54(71)66-31-40(68)25-45(66)53(70)59-43(28-55)35-8-10-36(11-9-35)51-34(3)58-32-75-51)47-27-49(62-74-47)73-23-21-64-18-16-63(17-19-64)20-22-72-48-24-37(14-15-57-48)67-38-12-13-39(67)30-65(29-38)44-26-42(60-61-52(44)56)41-6-4-5-7-46(41)69/h4-11,14-15,24,26-27,32-33,38-40,43,45,50,68-69H,12-13,16-23,25,28-31H2,1-3H3,(H2,56,61)(H,59,70)/t38?,39?,40-,43+,45+,50-/m1/s1. The van der Waals surface area contributed by atoms with Crippen LogP contribution in [0.15, 0.2) is 89.0 Å². The lowest BCUT2D eigenvalue weighted by Gasteiger charge is -2.43. The third kappa shape index (κ3) is 11.5. The molecule has 10 rings (SSSR count). The Hall–Kier alpha value is -6.94. The number of aliphatic hydroxyl groups excluding tert-OH is 1. The van der Waals surface area contributed by atoms with Crippen LogP contribution < -0.4 is 30.3 Å². The van der Waals surface area contributed by atoms with E-state index in [0.717, 1.165) is 86.2 Å². The van der Waals surface area contributed by atoms with Gasteiger partial charge in [0.05, 0.1) is 39.6 Å². The maximum Gasteiger partial charge on any atom is 0.254 e. The molecule has 6 aromatic rings. The molecule has 2 aromatic carbocycles. The highest BCUT2D eigenvalue weighted by molar-refractivity contribution is 7.13.